The van der Waals surface area contributed by atoms with Gasteiger partial charge in [0.15, 0.2) is 0 Å². The molecule has 0 saturated heterocycles. The molecule has 0 bridgehead atoms. The SMILES string of the molecule is Cc1ccccc1N1Cc2c(N)cccc2C1=O. The molecule has 1 aliphatic heterocycles. The number of nitrogens with two attached hydrogens (primary N) is 1. The van der Waals surface area contributed by atoms with Gasteiger partial charge in [-0.15, -0.1) is 0 Å². The molecule has 0 atom stereocenters. The molecule has 1 aliphatic rings. The van der Waals surface area contributed by atoms with Gasteiger partial charge >= 0.3 is 0 Å². The molecule has 18 heavy (non-hydrogen) atoms. The molecule has 0 spiro atoms. The van der Waals surface area contributed by atoms with Crippen molar-refractivity contribution in [2.75, 3.05) is 10.6 Å². The second-order valence-electron chi connectivity index (χ2n) is 4.55. The normalized spacial score (nSPS) is 13.8. The average Bonchev–Trinajstić information content (AvgIpc) is 2.70. The third-order valence-corrected chi connectivity index (χ3v) is 3.41. The quantitative estimate of drug-likeness (QED) is 0.776. The number of fused-ring (bicyclic) bond motifs is 1. The highest BCUT2D eigenvalue weighted by atomic mass is 16.2. The molecule has 2 N–H and O–H groups in total. The minimum absolute atomic E-state index is 0.0339. The Labute approximate surface area is 106 Å². The van der Waals surface area contributed by atoms with E-state index in [0.717, 1.165) is 22.4 Å². The number of benzene rings is 2. The lowest BCUT2D eigenvalue weighted by molar-refractivity contribution is 0.0996. The number of amides is 1. The summed E-state index contributed by atoms with van der Waals surface area (Å²) in [6.07, 6.45) is 0. The molecule has 0 saturated carbocycles. The number of nitrogens with zero attached hydrogens (tertiary/aromatic N) is 1. The van der Waals surface area contributed by atoms with Gasteiger partial charge in [-0.25, -0.2) is 0 Å². The lowest BCUT2D eigenvalue weighted by Crippen LogP contribution is -2.23. The van der Waals surface area contributed by atoms with E-state index in [9.17, 15) is 4.79 Å². The second kappa shape index (κ2) is 3.88. The third kappa shape index (κ3) is 1.48. The Balaban J connectivity index is 2.08. The van der Waals surface area contributed by atoms with E-state index in [4.69, 9.17) is 5.73 Å². The molecule has 0 aliphatic carbocycles. The smallest absolute Gasteiger partial charge is 0.259 e. The molecule has 2 aromatic rings. The van der Waals surface area contributed by atoms with Crippen molar-refractivity contribution in [3.63, 3.8) is 0 Å². The zero-order chi connectivity index (χ0) is 12.7. The second-order valence-corrected chi connectivity index (χ2v) is 4.55. The van der Waals surface area contributed by atoms with E-state index >= 15 is 0 Å². The van der Waals surface area contributed by atoms with Crippen LogP contribution in [-0.2, 0) is 6.54 Å². The summed E-state index contributed by atoms with van der Waals surface area (Å²) >= 11 is 0. The van der Waals surface area contributed by atoms with Crippen molar-refractivity contribution < 1.29 is 4.79 Å². The molecule has 1 heterocycles. The van der Waals surface area contributed by atoms with Gasteiger partial charge in [-0.3, -0.25) is 4.79 Å². The van der Waals surface area contributed by atoms with Crippen LogP contribution in [0.25, 0.3) is 0 Å². The molecule has 0 fully saturated rings. The fraction of sp³-hybridized carbons (Fsp3) is 0.133. The van der Waals surface area contributed by atoms with Crippen LogP contribution >= 0.6 is 0 Å². The lowest BCUT2D eigenvalue weighted by atomic mass is 10.1. The molecule has 2 aromatic carbocycles. The van der Waals surface area contributed by atoms with Crippen LogP contribution in [0.3, 0.4) is 0 Å². The van der Waals surface area contributed by atoms with Crippen LogP contribution in [0, 0.1) is 6.92 Å². The first-order chi connectivity index (χ1) is 8.68. The summed E-state index contributed by atoms with van der Waals surface area (Å²) in [5, 5.41) is 0. The summed E-state index contributed by atoms with van der Waals surface area (Å²) in [4.78, 5) is 14.2. The predicted octanol–water partition coefficient (Wildman–Crippen LogP) is 2.74. The number of rotatable bonds is 1. The summed E-state index contributed by atoms with van der Waals surface area (Å²) in [6.45, 7) is 2.57. The molecule has 0 unspecified atom stereocenters. The van der Waals surface area contributed by atoms with Gasteiger partial charge in [0.05, 0.1) is 6.54 Å². The highest BCUT2D eigenvalue weighted by Crippen LogP contribution is 2.32. The maximum atomic E-state index is 12.4. The first kappa shape index (κ1) is 10.8. The number of nitrogen functional groups attached to an aromatic ring is 1. The summed E-state index contributed by atoms with van der Waals surface area (Å²) in [7, 11) is 0. The van der Waals surface area contributed by atoms with Gasteiger partial charge in [-0.1, -0.05) is 24.3 Å². The molecular formula is C15H14N2O. The van der Waals surface area contributed by atoms with E-state index in [1.807, 2.05) is 49.4 Å². The molecular weight excluding hydrogens is 224 g/mol. The van der Waals surface area contributed by atoms with Crippen molar-refractivity contribution in [1.82, 2.24) is 0 Å². The van der Waals surface area contributed by atoms with Crippen LogP contribution in [0.1, 0.15) is 21.5 Å². The fourth-order valence-electron chi connectivity index (χ4n) is 2.42. The van der Waals surface area contributed by atoms with Gasteiger partial charge in [0.1, 0.15) is 0 Å². The number of hydrogen-bond donors (Lipinski definition) is 1. The van der Waals surface area contributed by atoms with E-state index in [0.29, 0.717) is 12.2 Å². The minimum Gasteiger partial charge on any atom is -0.398 e. The predicted molar refractivity (Wildman–Crippen MR) is 72.5 cm³/mol. The summed E-state index contributed by atoms with van der Waals surface area (Å²) in [5.74, 6) is 0.0339. The first-order valence-electron chi connectivity index (χ1n) is 5.93. The standard InChI is InChI=1S/C15H14N2O/c1-10-5-2-3-8-14(10)17-9-12-11(15(17)18)6-4-7-13(12)16/h2-8H,9,16H2,1H3. The lowest BCUT2D eigenvalue weighted by Gasteiger charge is -2.18. The number of hydrogen-bond acceptors (Lipinski definition) is 2. The van der Waals surface area contributed by atoms with Crippen molar-refractivity contribution in [2.24, 2.45) is 0 Å². The van der Waals surface area contributed by atoms with Gasteiger partial charge in [0.25, 0.3) is 5.91 Å². The van der Waals surface area contributed by atoms with Crippen LogP contribution in [0.4, 0.5) is 11.4 Å². The highest BCUT2D eigenvalue weighted by molar-refractivity contribution is 6.11. The Kier molecular flexibility index (Phi) is 2.33. The maximum absolute atomic E-state index is 12.4. The van der Waals surface area contributed by atoms with E-state index in [1.54, 1.807) is 4.90 Å². The number of carbonyl (C=O) groups excluding carboxylic acids is 1. The molecule has 1 amide bonds. The summed E-state index contributed by atoms with van der Waals surface area (Å²) in [6, 6.07) is 13.4. The minimum atomic E-state index is 0.0339. The van der Waals surface area contributed by atoms with Gasteiger partial charge in [-0.2, -0.15) is 0 Å². The third-order valence-electron chi connectivity index (χ3n) is 3.41. The zero-order valence-electron chi connectivity index (χ0n) is 10.2. The topological polar surface area (TPSA) is 46.3 Å². The number of para-hydroxylation sites is 1. The van der Waals surface area contributed by atoms with Crippen molar-refractivity contribution in [3.8, 4) is 0 Å². The Morgan fingerprint density at radius 2 is 1.89 bits per heavy atom. The largest absolute Gasteiger partial charge is 0.398 e. The van der Waals surface area contributed by atoms with Gasteiger partial charge in [-0.05, 0) is 30.7 Å². The highest BCUT2D eigenvalue weighted by Gasteiger charge is 2.30. The monoisotopic (exact) mass is 238 g/mol. The van der Waals surface area contributed by atoms with E-state index in [-0.39, 0.29) is 5.91 Å². The molecule has 3 rings (SSSR count). The molecule has 0 aromatic heterocycles. The Morgan fingerprint density at radius 3 is 2.61 bits per heavy atom. The van der Waals surface area contributed by atoms with Gasteiger partial charge in [0, 0.05) is 22.5 Å². The van der Waals surface area contributed by atoms with Crippen LogP contribution < -0.4 is 10.6 Å². The van der Waals surface area contributed by atoms with Crippen molar-refractivity contribution in [3.05, 3.63) is 59.2 Å². The molecule has 3 heteroatoms. The Hall–Kier alpha value is -2.29. The van der Waals surface area contributed by atoms with Crippen molar-refractivity contribution >= 4 is 17.3 Å². The zero-order valence-corrected chi connectivity index (χ0v) is 10.2. The number of carbonyl (C=O) groups is 1. The van der Waals surface area contributed by atoms with Crippen LogP contribution in [0.5, 0.6) is 0 Å². The summed E-state index contributed by atoms with van der Waals surface area (Å²) in [5.41, 5.74) is 10.3. The van der Waals surface area contributed by atoms with Gasteiger partial charge < -0.3 is 10.6 Å². The Bertz CT molecular complexity index is 634. The number of anilines is 2. The van der Waals surface area contributed by atoms with Crippen LogP contribution in [-0.4, -0.2) is 5.91 Å². The molecule has 0 radical (unpaired) electrons. The van der Waals surface area contributed by atoms with E-state index in [2.05, 4.69) is 0 Å². The summed E-state index contributed by atoms with van der Waals surface area (Å²) < 4.78 is 0. The van der Waals surface area contributed by atoms with Gasteiger partial charge in [0.2, 0.25) is 0 Å². The Morgan fingerprint density at radius 1 is 1.11 bits per heavy atom. The molecule has 3 nitrogen and oxygen atoms in total. The first-order valence-corrected chi connectivity index (χ1v) is 5.93. The number of aryl methyl sites for hydroxylation is 1. The van der Waals surface area contributed by atoms with E-state index in [1.165, 1.54) is 0 Å². The van der Waals surface area contributed by atoms with Crippen LogP contribution in [0.2, 0.25) is 0 Å². The van der Waals surface area contributed by atoms with Crippen molar-refractivity contribution in [2.45, 2.75) is 13.5 Å². The average molecular weight is 238 g/mol. The van der Waals surface area contributed by atoms with Crippen LogP contribution in [0.15, 0.2) is 42.5 Å². The maximum Gasteiger partial charge on any atom is 0.259 e. The van der Waals surface area contributed by atoms with Crippen molar-refractivity contribution in [1.29, 1.82) is 0 Å². The molecule has 90 valence electrons. The fourth-order valence-corrected chi connectivity index (χ4v) is 2.42. The van der Waals surface area contributed by atoms with E-state index < -0.39 is 0 Å².